The van der Waals surface area contributed by atoms with E-state index in [0.29, 0.717) is 5.69 Å². The van der Waals surface area contributed by atoms with Crippen LogP contribution in [0.25, 0.3) is 0 Å². The number of hydrogen-bond acceptors (Lipinski definition) is 5. The van der Waals surface area contributed by atoms with E-state index < -0.39 is 36.0 Å². The molecule has 0 bridgehead atoms. The summed E-state index contributed by atoms with van der Waals surface area (Å²) < 4.78 is 46.9. The highest BCUT2D eigenvalue weighted by Gasteiger charge is 2.64. The second-order valence-corrected chi connectivity index (χ2v) is 5.45. The third kappa shape index (κ3) is 3.60. The first-order valence-corrected chi connectivity index (χ1v) is 7.35. The Hall–Kier alpha value is -2.55. The molecule has 1 aromatic carbocycles. The lowest BCUT2D eigenvalue weighted by Gasteiger charge is -2.35. The number of esters is 1. The lowest BCUT2D eigenvalue weighted by Crippen LogP contribution is -2.55. The van der Waals surface area contributed by atoms with Crippen molar-refractivity contribution in [2.24, 2.45) is 13.0 Å². The van der Waals surface area contributed by atoms with Crippen LogP contribution in [0.4, 0.5) is 18.9 Å². The molecule has 9 heteroatoms. The second kappa shape index (κ2) is 7.14. The second-order valence-electron chi connectivity index (χ2n) is 5.45. The molecular formula is C16H18F3N3O3. The highest BCUT2D eigenvalue weighted by atomic mass is 19.4. The van der Waals surface area contributed by atoms with E-state index in [4.69, 9.17) is 0 Å². The molecule has 0 amide bonds. The Labute approximate surface area is 142 Å². The zero-order valence-corrected chi connectivity index (χ0v) is 13.6. The summed E-state index contributed by atoms with van der Waals surface area (Å²) >= 11 is 0. The predicted molar refractivity (Wildman–Crippen MR) is 83.6 cm³/mol. The summed E-state index contributed by atoms with van der Waals surface area (Å²) in [4.78, 5) is 15.7. The fourth-order valence-corrected chi connectivity index (χ4v) is 2.53. The number of benzene rings is 1. The van der Waals surface area contributed by atoms with Gasteiger partial charge in [-0.1, -0.05) is 18.2 Å². The molecule has 1 aromatic heterocycles. The molecule has 2 aromatic rings. The minimum absolute atomic E-state index is 0.500. The van der Waals surface area contributed by atoms with Crippen LogP contribution in [0.2, 0.25) is 0 Å². The number of rotatable bonds is 6. The standard InChI is InChI=1S/C16H18F3N3O3/c1-22-9-8-20-14(22)15(24,16(17,18)19)12(13(23)25-2)10-21-11-6-4-3-5-7-11/h3-9,12,21,24H,10H2,1-2H3/t12-,15+/m0/s1. The maximum atomic E-state index is 13.8. The number of carbonyl (C=O) groups is 1. The van der Waals surface area contributed by atoms with Gasteiger partial charge in [-0.2, -0.15) is 13.2 Å². The first kappa shape index (κ1) is 18.8. The molecule has 0 unspecified atom stereocenters. The first-order chi connectivity index (χ1) is 11.7. The zero-order valence-electron chi connectivity index (χ0n) is 13.6. The summed E-state index contributed by atoms with van der Waals surface area (Å²) in [6.45, 7) is -0.500. The van der Waals surface area contributed by atoms with E-state index in [9.17, 15) is 23.1 Å². The van der Waals surface area contributed by atoms with Gasteiger partial charge in [0.05, 0.1) is 7.11 Å². The van der Waals surface area contributed by atoms with Crippen LogP contribution in [0, 0.1) is 5.92 Å². The van der Waals surface area contributed by atoms with Crippen LogP contribution in [0.5, 0.6) is 0 Å². The van der Waals surface area contributed by atoms with Crippen molar-refractivity contribution in [3.05, 3.63) is 48.5 Å². The van der Waals surface area contributed by atoms with Gasteiger partial charge < -0.3 is 19.7 Å². The smallest absolute Gasteiger partial charge is 0.425 e. The predicted octanol–water partition coefficient (Wildman–Crippen LogP) is 2.07. The summed E-state index contributed by atoms with van der Waals surface area (Å²) in [5, 5.41) is 13.3. The van der Waals surface area contributed by atoms with Crippen molar-refractivity contribution in [1.29, 1.82) is 0 Å². The molecule has 136 valence electrons. The fourth-order valence-electron chi connectivity index (χ4n) is 2.53. The van der Waals surface area contributed by atoms with Gasteiger partial charge in [-0.25, -0.2) is 4.98 Å². The van der Waals surface area contributed by atoms with Gasteiger partial charge in [0, 0.05) is 31.7 Å². The summed E-state index contributed by atoms with van der Waals surface area (Å²) in [6, 6.07) is 8.36. The minimum atomic E-state index is -5.15. The molecule has 2 atom stereocenters. The number of imidazole rings is 1. The Balaban J connectivity index is 2.44. The average molecular weight is 357 g/mol. The van der Waals surface area contributed by atoms with Crippen molar-refractivity contribution in [2.75, 3.05) is 19.0 Å². The molecule has 0 radical (unpaired) electrons. The molecule has 0 aliphatic heterocycles. The van der Waals surface area contributed by atoms with Gasteiger partial charge in [0.15, 0.2) is 5.82 Å². The summed E-state index contributed by atoms with van der Waals surface area (Å²) in [6.07, 6.45) is -2.78. The molecule has 25 heavy (non-hydrogen) atoms. The van der Waals surface area contributed by atoms with Gasteiger partial charge >= 0.3 is 12.1 Å². The van der Waals surface area contributed by atoms with Crippen molar-refractivity contribution >= 4 is 11.7 Å². The number of halogens is 3. The van der Waals surface area contributed by atoms with Crippen molar-refractivity contribution < 1.29 is 27.8 Å². The van der Waals surface area contributed by atoms with Gasteiger partial charge in [0.2, 0.25) is 5.60 Å². The Bertz CT molecular complexity index is 718. The molecule has 0 spiro atoms. The van der Waals surface area contributed by atoms with Gasteiger partial charge in [0.1, 0.15) is 5.92 Å². The van der Waals surface area contributed by atoms with E-state index in [-0.39, 0.29) is 0 Å². The van der Waals surface area contributed by atoms with Gasteiger partial charge in [-0.15, -0.1) is 0 Å². The maximum absolute atomic E-state index is 13.8. The number of aliphatic hydroxyl groups is 1. The number of alkyl halides is 3. The molecule has 1 heterocycles. The topological polar surface area (TPSA) is 76.4 Å². The van der Waals surface area contributed by atoms with Crippen LogP contribution in [-0.2, 0) is 22.2 Å². The molecule has 6 nitrogen and oxygen atoms in total. The fraction of sp³-hybridized carbons (Fsp3) is 0.375. The molecular weight excluding hydrogens is 339 g/mol. The van der Waals surface area contributed by atoms with E-state index >= 15 is 0 Å². The van der Waals surface area contributed by atoms with E-state index in [1.807, 2.05) is 0 Å². The number of aryl methyl sites for hydroxylation is 1. The van der Waals surface area contributed by atoms with Crippen molar-refractivity contribution in [3.8, 4) is 0 Å². The number of nitrogens with zero attached hydrogens (tertiary/aromatic N) is 2. The third-order valence-corrected chi connectivity index (χ3v) is 3.87. The van der Waals surface area contributed by atoms with Crippen LogP contribution >= 0.6 is 0 Å². The molecule has 2 rings (SSSR count). The lowest BCUT2D eigenvalue weighted by molar-refractivity contribution is -0.288. The number of nitrogens with one attached hydrogen (secondary N) is 1. The van der Waals surface area contributed by atoms with Crippen molar-refractivity contribution in [1.82, 2.24) is 9.55 Å². The largest absolute Gasteiger partial charge is 0.469 e. The van der Waals surface area contributed by atoms with E-state index in [1.54, 1.807) is 30.3 Å². The van der Waals surface area contributed by atoms with E-state index in [1.165, 1.54) is 13.2 Å². The number of hydrogen-bond donors (Lipinski definition) is 2. The molecule has 0 saturated carbocycles. The number of anilines is 1. The minimum Gasteiger partial charge on any atom is -0.469 e. The normalized spacial score (nSPS) is 15.3. The van der Waals surface area contributed by atoms with Gasteiger partial charge in [0.25, 0.3) is 0 Å². The molecule has 2 N–H and O–H groups in total. The molecule has 0 aliphatic rings. The number of ether oxygens (including phenoxy) is 1. The maximum Gasteiger partial charge on any atom is 0.425 e. The average Bonchev–Trinajstić information content (AvgIpc) is 3.00. The van der Waals surface area contributed by atoms with Crippen LogP contribution in [0.15, 0.2) is 42.7 Å². The number of carbonyl (C=O) groups excluding carboxylic acids is 1. The van der Waals surface area contributed by atoms with Gasteiger partial charge in [-0.05, 0) is 12.1 Å². The summed E-state index contributed by atoms with van der Waals surface area (Å²) in [5.41, 5.74) is -3.01. The zero-order chi connectivity index (χ0) is 18.7. The Morgan fingerprint density at radius 3 is 2.48 bits per heavy atom. The van der Waals surface area contributed by atoms with Crippen molar-refractivity contribution in [3.63, 3.8) is 0 Å². The van der Waals surface area contributed by atoms with E-state index in [2.05, 4.69) is 15.0 Å². The highest BCUT2D eigenvalue weighted by Crippen LogP contribution is 2.44. The van der Waals surface area contributed by atoms with Crippen LogP contribution in [-0.4, -0.2) is 40.5 Å². The Kier molecular flexibility index (Phi) is 5.36. The lowest BCUT2D eigenvalue weighted by atomic mass is 9.85. The van der Waals surface area contributed by atoms with Crippen LogP contribution in [0.3, 0.4) is 0 Å². The SMILES string of the molecule is COC(=O)[C@H](CNc1ccccc1)[C@@](O)(c1nccn1C)C(F)(F)F. The molecule has 0 fully saturated rings. The summed E-state index contributed by atoms with van der Waals surface area (Å²) in [7, 11) is 2.27. The first-order valence-electron chi connectivity index (χ1n) is 7.35. The van der Waals surface area contributed by atoms with E-state index in [0.717, 1.165) is 17.9 Å². The monoisotopic (exact) mass is 357 g/mol. The highest BCUT2D eigenvalue weighted by molar-refractivity contribution is 5.75. The molecule has 0 aliphatic carbocycles. The van der Waals surface area contributed by atoms with Crippen LogP contribution < -0.4 is 5.32 Å². The van der Waals surface area contributed by atoms with Crippen molar-refractivity contribution in [2.45, 2.75) is 11.8 Å². The Morgan fingerprint density at radius 2 is 2.00 bits per heavy atom. The molecule has 0 saturated heterocycles. The third-order valence-electron chi connectivity index (χ3n) is 3.87. The van der Waals surface area contributed by atoms with Gasteiger partial charge in [-0.3, -0.25) is 4.79 Å². The quantitative estimate of drug-likeness (QED) is 0.774. The summed E-state index contributed by atoms with van der Waals surface area (Å²) in [5.74, 6) is -3.85. The Morgan fingerprint density at radius 1 is 1.36 bits per heavy atom. The number of para-hydroxylation sites is 1. The van der Waals surface area contributed by atoms with Crippen LogP contribution in [0.1, 0.15) is 5.82 Å². The number of aromatic nitrogens is 2. The number of methoxy groups -OCH3 is 1.